The zero-order valence-electron chi connectivity index (χ0n) is 13.3. The van der Waals surface area contributed by atoms with Crippen molar-refractivity contribution >= 4 is 23.6 Å². The fourth-order valence-electron chi connectivity index (χ4n) is 2.45. The van der Waals surface area contributed by atoms with Gasteiger partial charge in [0.15, 0.2) is 0 Å². The second-order valence-corrected chi connectivity index (χ2v) is 6.82. The van der Waals surface area contributed by atoms with Gasteiger partial charge in [-0.2, -0.15) is 5.26 Å². The van der Waals surface area contributed by atoms with Crippen molar-refractivity contribution in [1.82, 2.24) is 9.88 Å². The molecule has 0 radical (unpaired) electrons. The number of hydrogen-bond acceptors (Lipinski definition) is 5. The summed E-state index contributed by atoms with van der Waals surface area (Å²) in [5, 5.41) is 9.26. The van der Waals surface area contributed by atoms with Gasteiger partial charge >= 0.3 is 0 Å². The molecule has 0 bridgehead atoms. The first-order valence-corrected chi connectivity index (χ1v) is 8.33. The molecule has 2 amide bonds. The number of carbonyl (C=O) groups excluding carboxylic acids is 2. The molecule has 0 saturated carbocycles. The number of amides is 2. The van der Waals surface area contributed by atoms with Gasteiger partial charge in [-0.25, -0.2) is 4.98 Å². The molecule has 6 heteroatoms. The number of aryl methyl sites for hydroxylation is 1. The van der Waals surface area contributed by atoms with Gasteiger partial charge in [0.1, 0.15) is 11.1 Å². The number of rotatable bonds is 3. The minimum Gasteiger partial charge on any atom is -0.285 e. The van der Waals surface area contributed by atoms with Gasteiger partial charge in [-0.1, -0.05) is 41.6 Å². The molecule has 1 aromatic heterocycles. The number of aromatic nitrogens is 1. The lowest BCUT2D eigenvalue weighted by molar-refractivity contribution is -0.136. The summed E-state index contributed by atoms with van der Waals surface area (Å²) in [6.07, 6.45) is 0.140. The zero-order valence-corrected chi connectivity index (χ0v) is 14.1. The van der Waals surface area contributed by atoms with Crippen LogP contribution in [-0.4, -0.2) is 34.0 Å². The quantitative estimate of drug-likeness (QED) is 0.805. The molecule has 5 nitrogen and oxygen atoms in total. The molecule has 1 atom stereocenters. The van der Waals surface area contributed by atoms with E-state index in [4.69, 9.17) is 0 Å². The number of nitriles is 1. The summed E-state index contributed by atoms with van der Waals surface area (Å²) in [5.74, 6) is -0.442. The van der Waals surface area contributed by atoms with E-state index in [0.29, 0.717) is 10.6 Å². The second-order valence-electron chi connectivity index (χ2n) is 5.63. The molecular weight excluding hydrogens is 322 g/mol. The summed E-state index contributed by atoms with van der Waals surface area (Å²) in [6, 6.07) is 13.5. The van der Waals surface area contributed by atoms with Crippen LogP contribution in [-0.2, 0) is 9.59 Å². The zero-order chi connectivity index (χ0) is 17.3. The van der Waals surface area contributed by atoms with Crippen LogP contribution in [0, 0.1) is 18.3 Å². The largest absolute Gasteiger partial charge is 0.285 e. The van der Waals surface area contributed by atoms with E-state index in [1.54, 1.807) is 12.1 Å². The van der Waals surface area contributed by atoms with Gasteiger partial charge in [0.2, 0.25) is 11.8 Å². The maximum atomic E-state index is 12.1. The highest BCUT2D eigenvalue weighted by Gasteiger charge is 2.37. The van der Waals surface area contributed by atoms with Crippen molar-refractivity contribution in [1.29, 1.82) is 5.26 Å². The fourth-order valence-corrected chi connectivity index (χ4v) is 3.60. The first-order chi connectivity index (χ1) is 11.5. The van der Waals surface area contributed by atoms with Crippen LogP contribution in [0.3, 0.4) is 0 Å². The third-order valence-electron chi connectivity index (χ3n) is 3.92. The van der Waals surface area contributed by atoms with Gasteiger partial charge in [0.05, 0.1) is 16.5 Å². The fraction of sp³-hybridized carbons (Fsp3) is 0.222. The normalized spacial score (nSPS) is 17.2. The minimum absolute atomic E-state index is 0.140. The van der Waals surface area contributed by atoms with Crippen LogP contribution < -0.4 is 0 Å². The molecular formula is C18H15N3O2S. The molecule has 3 rings (SSSR count). The molecule has 1 unspecified atom stereocenters. The number of thioether (sulfide) groups is 1. The summed E-state index contributed by atoms with van der Waals surface area (Å²) in [4.78, 5) is 29.4. The Balaban J connectivity index is 1.93. The summed E-state index contributed by atoms with van der Waals surface area (Å²) >= 11 is 1.18. The highest BCUT2D eigenvalue weighted by atomic mass is 32.2. The van der Waals surface area contributed by atoms with E-state index in [0.717, 1.165) is 21.7 Å². The van der Waals surface area contributed by atoms with Crippen molar-refractivity contribution in [3.63, 3.8) is 0 Å². The van der Waals surface area contributed by atoms with Crippen LogP contribution in [0.15, 0.2) is 41.4 Å². The first-order valence-electron chi connectivity index (χ1n) is 7.45. The van der Waals surface area contributed by atoms with Gasteiger partial charge in [-0.15, -0.1) is 0 Å². The van der Waals surface area contributed by atoms with E-state index in [1.807, 2.05) is 31.2 Å². The van der Waals surface area contributed by atoms with Crippen molar-refractivity contribution in [3.05, 3.63) is 47.5 Å². The minimum atomic E-state index is -0.518. The number of pyridine rings is 1. The molecule has 0 spiro atoms. The molecule has 0 N–H and O–H groups in total. The van der Waals surface area contributed by atoms with Gasteiger partial charge < -0.3 is 0 Å². The average Bonchev–Trinajstić information content (AvgIpc) is 2.82. The van der Waals surface area contributed by atoms with E-state index >= 15 is 0 Å². The number of carbonyl (C=O) groups is 2. The van der Waals surface area contributed by atoms with Crippen LogP contribution in [0.5, 0.6) is 0 Å². The summed E-state index contributed by atoms with van der Waals surface area (Å²) in [5.41, 5.74) is 3.24. The first kappa shape index (κ1) is 16.2. The molecule has 120 valence electrons. The highest BCUT2D eigenvalue weighted by Crippen LogP contribution is 2.33. The Morgan fingerprint density at radius 1 is 1.21 bits per heavy atom. The maximum Gasteiger partial charge on any atom is 0.242 e. The Kier molecular flexibility index (Phi) is 4.36. The average molecular weight is 337 g/mol. The Morgan fingerprint density at radius 3 is 2.50 bits per heavy atom. The molecule has 1 aliphatic heterocycles. The summed E-state index contributed by atoms with van der Waals surface area (Å²) < 4.78 is 0. The SMILES string of the molecule is Cc1ccc(-c2ccc(C#N)c(SC3CC(=O)N(C)C3=O)n2)cc1. The molecule has 2 heterocycles. The third kappa shape index (κ3) is 3.03. The molecule has 1 fully saturated rings. The van der Waals surface area contributed by atoms with Crippen molar-refractivity contribution in [2.24, 2.45) is 0 Å². The van der Waals surface area contributed by atoms with Gasteiger partial charge in [-0.3, -0.25) is 14.5 Å². The highest BCUT2D eigenvalue weighted by molar-refractivity contribution is 8.00. The maximum absolute atomic E-state index is 12.1. The number of benzene rings is 1. The van der Waals surface area contributed by atoms with Crippen LogP contribution in [0.25, 0.3) is 11.3 Å². The Morgan fingerprint density at radius 2 is 1.92 bits per heavy atom. The Hall–Kier alpha value is -2.65. The molecule has 2 aromatic rings. The van der Waals surface area contributed by atoms with Crippen molar-refractivity contribution in [2.75, 3.05) is 7.05 Å². The predicted molar refractivity (Wildman–Crippen MR) is 91.2 cm³/mol. The molecule has 1 aliphatic rings. The second kappa shape index (κ2) is 6.46. The Labute approximate surface area is 144 Å². The summed E-state index contributed by atoms with van der Waals surface area (Å²) in [7, 11) is 1.48. The molecule has 0 aliphatic carbocycles. The number of likely N-dealkylation sites (tertiary alicyclic amines) is 1. The smallest absolute Gasteiger partial charge is 0.242 e. The molecule has 1 saturated heterocycles. The lowest BCUT2D eigenvalue weighted by Gasteiger charge is -2.10. The monoisotopic (exact) mass is 337 g/mol. The lowest BCUT2D eigenvalue weighted by Crippen LogP contribution is -2.26. The van der Waals surface area contributed by atoms with E-state index in [1.165, 1.54) is 18.8 Å². The van der Waals surface area contributed by atoms with Gasteiger partial charge in [-0.05, 0) is 19.1 Å². The predicted octanol–water partition coefficient (Wildman–Crippen LogP) is 2.78. The number of nitrogens with zero attached hydrogens (tertiary/aromatic N) is 3. The van der Waals surface area contributed by atoms with Gasteiger partial charge in [0, 0.05) is 19.0 Å². The standard InChI is InChI=1S/C18H15N3O2S/c1-11-3-5-12(6-4-11)14-8-7-13(10-19)17(20-14)24-15-9-16(22)21(2)18(15)23/h3-8,15H,9H2,1-2H3. The number of hydrogen-bond donors (Lipinski definition) is 0. The van der Waals surface area contributed by atoms with Crippen LogP contribution in [0.2, 0.25) is 0 Å². The molecule has 24 heavy (non-hydrogen) atoms. The van der Waals surface area contributed by atoms with E-state index in [9.17, 15) is 14.9 Å². The van der Waals surface area contributed by atoms with Crippen molar-refractivity contribution in [3.8, 4) is 17.3 Å². The third-order valence-corrected chi connectivity index (χ3v) is 5.11. The lowest BCUT2D eigenvalue weighted by atomic mass is 10.1. The van der Waals surface area contributed by atoms with Crippen LogP contribution >= 0.6 is 11.8 Å². The van der Waals surface area contributed by atoms with Crippen molar-refractivity contribution < 1.29 is 9.59 Å². The number of imide groups is 1. The van der Waals surface area contributed by atoms with E-state index in [2.05, 4.69) is 11.1 Å². The summed E-state index contributed by atoms with van der Waals surface area (Å²) in [6.45, 7) is 2.01. The van der Waals surface area contributed by atoms with Crippen LogP contribution in [0.4, 0.5) is 0 Å². The van der Waals surface area contributed by atoms with E-state index < -0.39 is 5.25 Å². The van der Waals surface area contributed by atoms with Crippen LogP contribution in [0.1, 0.15) is 17.5 Å². The molecule has 1 aromatic carbocycles. The Bertz CT molecular complexity index is 856. The van der Waals surface area contributed by atoms with E-state index in [-0.39, 0.29) is 18.2 Å². The van der Waals surface area contributed by atoms with Gasteiger partial charge in [0.25, 0.3) is 0 Å². The van der Waals surface area contributed by atoms with Crippen molar-refractivity contribution in [2.45, 2.75) is 23.6 Å². The topological polar surface area (TPSA) is 74.1 Å².